The normalized spacial score (nSPS) is 11.2. The van der Waals surface area contributed by atoms with E-state index in [1.54, 1.807) is 13.0 Å². The molecule has 0 aromatic heterocycles. The van der Waals surface area contributed by atoms with Gasteiger partial charge in [0.2, 0.25) is 0 Å². The highest BCUT2D eigenvalue weighted by molar-refractivity contribution is 5.75. The second-order valence-corrected chi connectivity index (χ2v) is 3.48. The molecule has 0 radical (unpaired) electrons. The Balaban J connectivity index is 2.94. The van der Waals surface area contributed by atoms with Gasteiger partial charge in [-0.3, -0.25) is 0 Å². The van der Waals surface area contributed by atoms with E-state index < -0.39 is 18.3 Å². The maximum atomic E-state index is 13.0. The predicted molar refractivity (Wildman–Crippen MR) is 54.0 cm³/mol. The van der Waals surface area contributed by atoms with Crippen molar-refractivity contribution in [2.24, 2.45) is 0 Å². The first-order valence-corrected chi connectivity index (χ1v) is 4.61. The second kappa shape index (κ2) is 4.47. The van der Waals surface area contributed by atoms with Crippen LogP contribution in [0, 0.1) is 6.92 Å². The molecule has 16 heavy (non-hydrogen) atoms. The van der Waals surface area contributed by atoms with Crippen molar-refractivity contribution in [2.75, 3.05) is 7.11 Å². The molecule has 1 aromatic rings. The predicted octanol–water partition coefficient (Wildman–Crippen LogP) is 2.27. The van der Waals surface area contributed by atoms with Crippen LogP contribution in [0.4, 0.5) is 8.78 Å². The lowest BCUT2D eigenvalue weighted by molar-refractivity contribution is -0.164. The maximum absolute atomic E-state index is 13.0. The molecule has 0 amide bonds. The molecule has 0 spiro atoms. The Morgan fingerprint density at radius 3 is 2.56 bits per heavy atom. The quantitative estimate of drug-likeness (QED) is 0.863. The lowest BCUT2D eigenvalue weighted by atomic mass is 10.0. The fourth-order valence-corrected chi connectivity index (χ4v) is 1.31. The molecule has 0 atom stereocenters. The number of methoxy groups -OCH3 is 1. The van der Waals surface area contributed by atoms with Crippen molar-refractivity contribution >= 4 is 5.97 Å². The smallest absolute Gasteiger partial charge is 0.374 e. The third-order valence-electron chi connectivity index (χ3n) is 2.28. The molecule has 0 unspecified atom stereocenters. The molecule has 0 fully saturated rings. The van der Waals surface area contributed by atoms with Crippen molar-refractivity contribution in [3.63, 3.8) is 0 Å². The third-order valence-corrected chi connectivity index (χ3v) is 2.28. The highest BCUT2D eigenvalue weighted by Crippen LogP contribution is 2.24. The average molecular weight is 230 g/mol. The SMILES string of the molecule is COc1ccc(CC(F)(F)C(=O)O)c(C)c1. The third kappa shape index (κ3) is 2.68. The zero-order valence-electron chi connectivity index (χ0n) is 8.96. The first-order chi connectivity index (χ1) is 7.36. The number of aryl methyl sites for hydroxylation is 1. The van der Waals surface area contributed by atoms with Gasteiger partial charge in [-0.2, -0.15) is 8.78 Å². The molecule has 1 rings (SSSR count). The van der Waals surface area contributed by atoms with E-state index in [1.165, 1.54) is 19.2 Å². The molecule has 0 aliphatic rings. The number of carbonyl (C=O) groups is 1. The van der Waals surface area contributed by atoms with Crippen LogP contribution in [0.5, 0.6) is 5.75 Å². The number of hydrogen-bond donors (Lipinski definition) is 1. The summed E-state index contributed by atoms with van der Waals surface area (Å²) in [7, 11) is 1.47. The highest BCUT2D eigenvalue weighted by Gasteiger charge is 2.39. The van der Waals surface area contributed by atoms with E-state index in [0.29, 0.717) is 16.9 Å². The summed E-state index contributed by atoms with van der Waals surface area (Å²) < 4.78 is 30.9. The zero-order valence-corrected chi connectivity index (χ0v) is 8.96. The van der Waals surface area contributed by atoms with Crippen molar-refractivity contribution in [3.8, 4) is 5.75 Å². The van der Waals surface area contributed by atoms with Gasteiger partial charge in [-0.15, -0.1) is 0 Å². The summed E-state index contributed by atoms with van der Waals surface area (Å²) >= 11 is 0. The van der Waals surface area contributed by atoms with Crippen LogP contribution in [0.25, 0.3) is 0 Å². The molecular weight excluding hydrogens is 218 g/mol. The minimum absolute atomic E-state index is 0.299. The molecule has 0 saturated carbocycles. The molecule has 88 valence electrons. The molecule has 5 heteroatoms. The summed E-state index contributed by atoms with van der Waals surface area (Å²) in [5.41, 5.74) is 0.883. The number of aliphatic carboxylic acids is 1. The number of carboxylic acids is 1. The monoisotopic (exact) mass is 230 g/mol. The lowest BCUT2D eigenvalue weighted by Crippen LogP contribution is -2.30. The van der Waals surface area contributed by atoms with Gasteiger partial charge in [0, 0.05) is 6.42 Å². The molecule has 0 bridgehead atoms. The average Bonchev–Trinajstić information content (AvgIpc) is 2.20. The first kappa shape index (κ1) is 12.4. The zero-order chi connectivity index (χ0) is 12.3. The Bertz CT molecular complexity index is 402. The van der Waals surface area contributed by atoms with Crippen LogP contribution >= 0.6 is 0 Å². The largest absolute Gasteiger partial charge is 0.497 e. The van der Waals surface area contributed by atoms with Crippen molar-refractivity contribution in [3.05, 3.63) is 29.3 Å². The number of carboxylic acid groups (broad SMARTS) is 1. The minimum atomic E-state index is -3.74. The van der Waals surface area contributed by atoms with Crippen LogP contribution in [-0.2, 0) is 11.2 Å². The summed E-state index contributed by atoms with van der Waals surface area (Å²) in [6.45, 7) is 1.63. The molecular formula is C11H12F2O3. The summed E-state index contributed by atoms with van der Waals surface area (Å²) in [6, 6.07) is 4.57. The van der Waals surface area contributed by atoms with Crippen LogP contribution in [0.2, 0.25) is 0 Å². The number of rotatable bonds is 4. The fourth-order valence-electron chi connectivity index (χ4n) is 1.31. The van der Waals surface area contributed by atoms with Gasteiger partial charge in [-0.1, -0.05) is 6.07 Å². The van der Waals surface area contributed by atoms with Crippen molar-refractivity contribution in [1.82, 2.24) is 0 Å². The van der Waals surface area contributed by atoms with Gasteiger partial charge in [-0.25, -0.2) is 4.79 Å². The van der Waals surface area contributed by atoms with Crippen molar-refractivity contribution < 1.29 is 23.4 Å². The van der Waals surface area contributed by atoms with Crippen molar-refractivity contribution in [1.29, 1.82) is 0 Å². The van der Waals surface area contributed by atoms with Gasteiger partial charge in [0.25, 0.3) is 0 Å². The van der Waals surface area contributed by atoms with Crippen LogP contribution in [0.15, 0.2) is 18.2 Å². The van der Waals surface area contributed by atoms with Gasteiger partial charge in [0.15, 0.2) is 0 Å². The number of alkyl halides is 2. The Kier molecular flexibility index (Phi) is 3.47. The van der Waals surface area contributed by atoms with E-state index in [9.17, 15) is 13.6 Å². The molecule has 0 saturated heterocycles. The topological polar surface area (TPSA) is 46.5 Å². The minimum Gasteiger partial charge on any atom is -0.497 e. The Morgan fingerprint density at radius 2 is 2.12 bits per heavy atom. The van der Waals surface area contributed by atoms with E-state index in [0.717, 1.165) is 0 Å². The second-order valence-electron chi connectivity index (χ2n) is 3.48. The van der Waals surface area contributed by atoms with Crippen LogP contribution in [-0.4, -0.2) is 24.1 Å². The molecule has 1 N–H and O–H groups in total. The summed E-state index contributed by atoms with van der Waals surface area (Å²) in [5, 5.41) is 8.32. The summed E-state index contributed by atoms with van der Waals surface area (Å²) in [5.74, 6) is -5.29. The molecule has 3 nitrogen and oxygen atoms in total. The maximum Gasteiger partial charge on any atom is 0.374 e. The van der Waals surface area contributed by atoms with Crippen LogP contribution < -0.4 is 4.74 Å². The Labute approximate surface area is 91.7 Å². The van der Waals surface area contributed by atoms with Gasteiger partial charge < -0.3 is 9.84 Å². The first-order valence-electron chi connectivity index (χ1n) is 4.61. The van der Waals surface area contributed by atoms with E-state index >= 15 is 0 Å². The molecule has 0 heterocycles. The van der Waals surface area contributed by atoms with E-state index in [2.05, 4.69) is 0 Å². The summed E-state index contributed by atoms with van der Waals surface area (Å²) in [6.07, 6.45) is -0.807. The van der Waals surface area contributed by atoms with Crippen LogP contribution in [0.1, 0.15) is 11.1 Å². The Hall–Kier alpha value is -1.65. The Morgan fingerprint density at radius 1 is 1.50 bits per heavy atom. The fraction of sp³-hybridized carbons (Fsp3) is 0.364. The van der Waals surface area contributed by atoms with E-state index in [4.69, 9.17) is 9.84 Å². The van der Waals surface area contributed by atoms with Gasteiger partial charge in [0.05, 0.1) is 7.11 Å². The number of benzene rings is 1. The highest BCUT2D eigenvalue weighted by atomic mass is 19.3. The molecule has 1 aromatic carbocycles. The van der Waals surface area contributed by atoms with E-state index in [-0.39, 0.29) is 0 Å². The number of halogens is 2. The standard InChI is InChI=1S/C11H12F2O3/c1-7-5-9(16-2)4-3-8(7)6-11(12,13)10(14)15/h3-5H,6H2,1-2H3,(H,14,15). The van der Waals surface area contributed by atoms with Gasteiger partial charge in [-0.05, 0) is 30.2 Å². The van der Waals surface area contributed by atoms with Crippen molar-refractivity contribution in [2.45, 2.75) is 19.3 Å². The summed E-state index contributed by atoms with van der Waals surface area (Å²) in [4.78, 5) is 10.3. The van der Waals surface area contributed by atoms with E-state index in [1.807, 2.05) is 0 Å². The number of hydrogen-bond acceptors (Lipinski definition) is 2. The van der Waals surface area contributed by atoms with Gasteiger partial charge in [0.1, 0.15) is 5.75 Å². The molecule has 0 aliphatic heterocycles. The number of ether oxygens (including phenoxy) is 1. The van der Waals surface area contributed by atoms with Gasteiger partial charge >= 0.3 is 11.9 Å². The lowest BCUT2D eigenvalue weighted by Gasteiger charge is -2.13. The molecule has 0 aliphatic carbocycles. The van der Waals surface area contributed by atoms with Crippen LogP contribution in [0.3, 0.4) is 0 Å².